The molecule has 0 aromatic heterocycles. The van der Waals surface area contributed by atoms with Crippen molar-refractivity contribution in [3.05, 3.63) is 71.3 Å². The predicted octanol–water partition coefficient (Wildman–Crippen LogP) is 4.22. The van der Waals surface area contributed by atoms with Crippen LogP contribution in [0.25, 0.3) is 0 Å². The van der Waals surface area contributed by atoms with Crippen LogP contribution < -0.4 is 0 Å². The van der Waals surface area contributed by atoms with E-state index in [0.29, 0.717) is 16.7 Å². The Kier molecular flexibility index (Phi) is 4.66. The third-order valence-corrected chi connectivity index (χ3v) is 3.50. The Morgan fingerprint density at radius 3 is 1.89 bits per heavy atom. The zero-order valence-corrected chi connectivity index (χ0v) is 13.0. The monoisotopic (exact) mass is 380 g/mol. The Morgan fingerprint density at radius 1 is 0.789 bits per heavy atom. The number of carbonyl (C=O) groups is 2. The maximum atomic E-state index is 12.4. The van der Waals surface area contributed by atoms with Gasteiger partial charge in [0.15, 0.2) is 11.6 Å². The van der Waals surface area contributed by atoms with Crippen LogP contribution in [0.3, 0.4) is 0 Å². The van der Waals surface area contributed by atoms with Crippen molar-refractivity contribution in [2.24, 2.45) is 0 Å². The lowest BCUT2D eigenvalue weighted by molar-refractivity contribution is 0.0990. The first-order valence-corrected chi connectivity index (χ1v) is 7.45. The number of rotatable bonds is 4. The van der Waals surface area contributed by atoms with E-state index in [2.05, 4.69) is 31.9 Å². The van der Waals surface area contributed by atoms with Gasteiger partial charge in [-0.15, -0.1) is 0 Å². The largest absolute Gasteiger partial charge is 0.292 e. The molecule has 0 saturated heterocycles. The van der Waals surface area contributed by atoms with E-state index in [4.69, 9.17) is 0 Å². The van der Waals surface area contributed by atoms with Crippen LogP contribution in [0.4, 0.5) is 0 Å². The zero-order valence-electron chi connectivity index (χ0n) is 9.85. The molecule has 0 amide bonds. The second kappa shape index (κ2) is 6.26. The summed E-state index contributed by atoms with van der Waals surface area (Å²) in [6.45, 7) is 0. The van der Waals surface area contributed by atoms with Gasteiger partial charge in [-0.2, -0.15) is 0 Å². The molecular weight excluding hydrogens is 372 g/mol. The van der Waals surface area contributed by atoms with Crippen LogP contribution in [0.2, 0.25) is 0 Å². The van der Waals surface area contributed by atoms with Gasteiger partial charge in [-0.1, -0.05) is 86.5 Å². The van der Waals surface area contributed by atoms with Gasteiger partial charge in [-0.25, -0.2) is 0 Å². The van der Waals surface area contributed by atoms with Gasteiger partial charge in [0.25, 0.3) is 0 Å². The summed E-state index contributed by atoms with van der Waals surface area (Å²) in [6, 6.07) is 15.8. The number of ketones is 2. The SMILES string of the molecule is O=C(c1ccccc1)c1ccccc1C(=O)C(Br)Br. The summed E-state index contributed by atoms with van der Waals surface area (Å²) in [6.07, 6.45) is 0. The van der Waals surface area contributed by atoms with Crippen molar-refractivity contribution in [2.45, 2.75) is 3.74 Å². The van der Waals surface area contributed by atoms with E-state index in [-0.39, 0.29) is 11.6 Å². The van der Waals surface area contributed by atoms with Gasteiger partial charge in [-0.3, -0.25) is 9.59 Å². The third-order valence-electron chi connectivity index (χ3n) is 2.67. The molecule has 0 unspecified atom stereocenters. The lowest BCUT2D eigenvalue weighted by Gasteiger charge is -2.08. The molecule has 2 aromatic rings. The quantitative estimate of drug-likeness (QED) is 0.587. The molecule has 0 bridgehead atoms. The minimum atomic E-state index is -0.496. The fourth-order valence-corrected chi connectivity index (χ4v) is 2.25. The number of hydrogen-bond acceptors (Lipinski definition) is 2. The van der Waals surface area contributed by atoms with Crippen LogP contribution in [0.1, 0.15) is 26.3 Å². The number of halogens is 2. The highest BCUT2D eigenvalue weighted by Crippen LogP contribution is 2.21. The van der Waals surface area contributed by atoms with Crippen molar-refractivity contribution in [2.75, 3.05) is 0 Å². The number of Topliss-reactive ketones (excluding diaryl/α,β-unsaturated/α-hetero) is 1. The van der Waals surface area contributed by atoms with Gasteiger partial charge in [0.05, 0.1) is 0 Å². The highest BCUT2D eigenvalue weighted by Gasteiger charge is 2.21. The molecule has 2 nitrogen and oxygen atoms in total. The van der Waals surface area contributed by atoms with Crippen molar-refractivity contribution in [1.82, 2.24) is 0 Å². The lowest BCUT2D eigenvalue weighted by atomic mass is 9.96. The Balaban J connectivity index is 2.46. The standard InChI is InChI=1S/C15H10Br2O2/c16-15(17)14(19)12-9-5-4-8-11(12)13(18)10-6-2-1-3-7-10/h1-9,15H. The Labute approximate surface area is 128 Å². The van der Waals surface area contributed by atoms with Gasteiger partial charge in [0.2, 0.25) is 0 Å². The average Bonchev–Trinajstić information content (AvgIpc) is 2.46. The lowest BCUT2D eigenvalue weighted by Crippen LogP contribution is -2.14. The molecule has 0 saturated carbocycles. The van der Waals surface area contributed by atoms with E-state index in [1.807, 2.05) is 6.07 Å². The molecule has 0 radical (unpaired) electrons. The highest BCUT2D eigenvalue weighted by atomic mass is 79.9. The smallest absolute Gasteiger partial charge is 0.193 e. The van der Waals surface area contributed by atoms with Gasteiger partial charge < -0.3 is 0 Å². The van der Waals surface area contributed by atoms with Gasteiger partial charge >= 0.3 is 0 Å². The molecule has 96 valence electrons. The van der Waals surface area contributed by atoms with Gasteiger partial charge in [0.1, 0.15) is 3.74 Å². The molecule has 0 aliphatic heterocycles. The highest BCUT2D eigenvalue weighted by molar-refractivity contribution is 9.25. The maximum absolute atomic E-state index is 12.4. The first-order chi connectivity index (χ1) is 9.11. The number of carbonyl (C=O) groups excluding carboxylic acids is 2. The van der Waals surface area contributed by atoms with E-state index in [9.17, 15) is 9.59 Å². The molecule has 2 rings (SSSR count). The first kappa shape index (κ1) is 14.2. The summed E-state index contributed by atoms with van der Waals surface area (Å²) in [5, 5.41) is 0. The molecule has 2 aromatic carbocycles. The van der Waals surface area contributed by atoms with Crippen molar-refractivity contribution < 1.29 is 9.59 Å². The second-order valence-corrected chi connectivity index (χ2v) is 6.97. The topological polar surface area (TPSA) is 34.1 Å². The maximum Gasteiger partial charge on any atom is 0.193 e. The number of hydrogen-bond donors (Lipinski definition) is 0. The molecule has 4 heteroatoms. The molecule has 0 N–H and O–H groups in total. The summed E-state index contributed by atoms with van der Waals surface area (Å²) >= 11 is 6.34. The zero-order chi connectivity index (χ0) is 13.8. The summed E-state index contributed by atoms with van der Waals surface area (Å²) in [5.74, 6) is -0.315. The van der Waals surface area contributed by atoms with E-state index in [0.717, 1.165) is 0 Å². The average molecular weight is 382 g/mol. The molecule has 0 aliphatic rings. The van der Waals surface area contributed by atoms with E-state index in [1.165, 1.54) is 0 Å². The normalized spacial score (nSPS) is 10.5. The van der Waals surface area contributed by atoms with E-state index < -0.39 is 3.74 Å². The van der Waals surface area contributed by atoms with Crippen LogP contribution in [0.5, 0.6) is 0 Å². The summed E-state index contributed by atoms with van der Waals surface area (Å²) in [5.41, 5.74) is 1.40. The van der Waals surface area contributed by atoms with Crippen LogP contribution >= 0.6 is 31.9 Å². The van der Waals surface area contributed by atoms with Crippen LogP contribution in [0, 0.1) is 0 Å². The summed E-state index contributed by atoms with van der Waals surface area (Å²) < 4.78 is -0.496. The fraction of sp³-hybridized carbons (Fsp3) is 0.0667. The number of alkyl halides is 2. The van der Waals surface area contributed by atoms with Crippen molar-refractivity contribution in [1.29, 1.82) is 0 Å². The molecule has 0 atom stereocenters. The van der Waals surface area contributed by atoms with Crippen LogP contribution in [-0.2, 0) is 0 Å². The molecule has 0 heterocycles. The Bertz CT molecular complexity index is 607. The van der Waals surface area contributed by atoms with Gasteiger partial charge in [-0.05, 0) is 0 Å². The van der Waals surface area contributed by atoms with Crippen molar-refractivity contribution in [3.8, 4) is 0 Å². The summed E-state index contributed by atoms with van der Waals surface area (Å²) in [4.78, 5) is 24.5. The Morgan fingerprint density at radius 2 is 1.32 bits per heavy atom. The predicted molar refractivity (Wildman–Crippen MR) is 82.3 cm³/mol. The fourth-order valence-electron chi connectivity index (χ4n) is 1.76. The molecule has 0 fully saturated rings. The minimum absolute atomic E-state index is 0.148. The molecule has 0 aliphatic carbocycles. The Hall–Kier alpha value is -1.26. The second-order valence-electron chi connectivity index (χ2n) is 3.91. The van der Waals surface area contributed by atoms with Crippen molar-refractivity contribution in [3.63, 3.8) is 0 Å². The molecule has 0 spiro atoms. The molecule has 19 heavy (non-hydrogen) atoms. The van der Waals surface area contributed by atoms with Crippen LogP contribution in [0.15, 0.2) is 54.6 Å². The summed E-state index contributed by atoms with van der Waals surface area (Å²) in [7, 11) is 0. The van der Waals surface area contributed by atoms with Crippen LogP contribution in [-0.4, -0.2) is 15.3 Å². The van der Waals surface area contributed by atoms with E-state index >= 15 is 0 Å². The minimum Gasteiger partial charge on any atom is -0.292 e. The third kappa shape index (κ3) is 3.19. The number of benzene rings is 2. The first-order valence-electron chi connectivity index (χ1n) is 5.62. The molecular formula is C15H10Br2O2. The van der Waals surface area contributed by atoms with E-state index in [1.54, 1.807) is 48.5 Å². The van der Waals surface area contributed by atoms with Gasteiger partial charge in [0, 0.05) is 16.7 Å². The van der Waals surface area contributed by atoms with Crippen molar-refractivity contribution >= 4 is 43.4 Å².